The van der Waals surface area contributed by atoms with Crippen LogP contribution in [0.5, 0.6) is 0 Å². The molecule has 1 fully saturated rings. The molecule has 1 unspecified atom stereocenters. The Labute approximate surface area is 95.3 Å². The van der Waals surface area contributed by atoms with Crippen LogP contribution >= 0.6 is 0 Å². The molecular weight excluding hydrogens is 232 g/mol. The van der Waals surface area contributed by atoms with Gasteiger partial charge in [0.25, 0.3) is 10.2 Å². The van der Waals surface area contributed by atoms with Gasteiger partial charge in [-0.25, -0.2) is 9.86 Å². The Morgan fingerprint density at radius 2 is 2.19 bits per heavy atom. The first-order valence-corrected chi connectivity index (χ1v) is 6.72. The Kier molecular flexibility index (Phi) is 4.66. The molecule has 1 amide bonds. The second-order valence-corrected chi connectivity index (χ2v) is 5.32. The lowest BCUT2D eigenvalue weighted by molar-refractivity contribution is -0.131. The van der Waals surface area contributed by atoms with Crippen LogP contribution in [0.4, 0.5) is 0 Å². The van der Waals surface area contributed by atoms with Crippen LogP contribution in [0.15, 0.2) is 0 Å². The number of nitrogens with one attached hydrogen (secondary N) is 1. The van der Waals surface area contributed by atoms with Gasteiger partial charge in [-0.15, -0.1) is 0 Å². The van der Waals surface area contributed by atoms with Gasteiger partial charge in [0.15, 0.2) is 0 Å². The second kappa shape index (κ2) is 5.58. The Morgan fingerprint density at radius 1 is 1.50 bits per heavy atom. The Balaban J connectivity index is 2.42. The zero-order chi connectivity index (χ0) is 12.2. The fourth-order valence-corrected chi connectivity index (χ4v) is 2.29. The van der Waals surface area contributed by atoms with Crippen molar-refractivity contribution in [1.82, 2.24) is 9.62 Å². The molecule has 16 heavy (non-hydrogen) atoms. The SMILES string of the molecule is NCC(=O)N1CCCC(CNS(N)(=O)=O)C1. The van der Waals surface area contributed by atoms with Gasteiger partial charge in [0.1, 0.15) is 0 Å². The molecule has 0 bridgehead atoms. The van der Waals surface area contributed by atoms with Crippen LogP contribution in [0.2, 0.25) is 0 Å². The van der Waals surface area contributed by atoms with Gasteiger partial charge in [-0.05, 0) is 18.8 Å². The molecule has 0 spiro atoms. The van der Waals surface area contributed by atoms with Gasteiger partial charge in [-0.2, -0.15) is 8.42 Å². The molecule has 7 nitrogen and oxygen atoms in total. The van der Waals surface area contributed by atoms with Gasteiger partial charge in [0, 0.05) is 19.6 Å². The molecule has 8 heteroatoms. The zero-order valence-electron chi connectivity index (χ0n) is 9.05. The van der Waals surface area contributed by atoms with Crippen LogP contribution in [-0.4, -0.2) is 45.4 Å². The lowest BCUT2D eigenvalue weighted by Crippen LogP contribution is -2.46. The summed E-state index contributed by atoms with van der Waals surface area (Å²) in [5.74, 6) is 0.0166. The van der Waals surface area contributed by atoms with Crippen LogP contribution in [-0.2, 0) is 15.0 Å². The number of carbonyl (C=O) groups excluding carboxylic acids is 1. The predicted octanol–water partition coefficient (Wildman–Crippen LogP) is -2.02. The minimum atomic E-state index is -3.64. The summed E-state index contributed by atoms with van der Waals surface area (Å²) in [4.78, 5) is 13.0. The highest BCUT2D eigenvalue weighted by Gasteiger charge is 2.23. The molecule has 0 radical (unpaired) electrons. The molecular formula is C8H18N4O3S. The molecule has 0 aliphatic carbocycles. The summed E-state index contributed by atoms with van der Waals surface area (Å²) in [6, 6.07) is 0. The molecule has 5 N–H and O–H groups in total. The summed E-state index contributed by atoms with van der Waals surface area (Å²) in [6.07, 6.45) is 1.75. The van der Waals surface area contributed by atoms with Crippen molar-refractivity contribution in [2.75, 3.05) is 26.2 Å². The maximum Gasteiger partial charge on any atom is 0.274 e. The number of carbonyl (C=O) groups is 1. The molecule has 1 heterocycles. The molecule has 94 valence electrons. The molecule has 0 aromatic heterocycles. The average molecular weight is 250 g/mol. The Bertz CT molecular complexity index is 343. The third-order valence-corrected chi connectivity index (χ3v) is 3.19. The van der Waals surface area contributed by atoms with Crippen LogP contribution < -0.4 is 15.6 Å². The summed E-state index contributed by atoms with van der Waals surface area (Å²) in [6.45, 7) is 1.50. The number of likely N-dealkylation sites (tertiary alicyclic amines) is 1. The zero-order valence-corrected chi connectivity index (χ0v) is 9.87. The van der Waals surface area contributed by atoms with Gasteiger partial charge < -0.3 is 10.6 Å². The molecule has 0 aromatic carbocycles. The molecule has 1 rings (SSSR count). The van der Waals surface area contributed by atoms with Crippen molar-refractivity contribution in [3.05, 3.63) is 0 Å². The number of rotatable bonds is 4. The smallest absolute Gasteiger partial charge is 0.274 e. The fraction of sp³-hybridized carbons (Fsp3) is 0.875. The van der Waals surface area contributed by atoms with Crippen LogP contribution in [0.25, 0.3) is 0 Å². The highest BCUT2D eigenvalue weighted by atomic mass is 32.2. The van der Waals surface area contributed by atoms with E-state index in [-0.39, 0.29) is 24.9 Å². The summed E-state index contributed by atoms with van der Waals surface area (Å²) in [5, 5.41) is 4.83. The van der Waals surface area contributed by atoms with Crippen LogP contribution in [0.1, 0.15) is 12.8 Å². The third kappa shape index (κ3) is 4.44. The van der Waals surface area contributed by atoms with Crippen LogP contribution in [0.3, 0.4) is 0 Å². The number of piperidine rings is 1. The van der Waals surface area contributed by atoms with Gasteiger partial charge >= 0.3 is 0 Å². The van der Waals surface area contributed by atoms with Crippen molar-refractivity contribution in [3.63, 3.8) is 0 Å². The largest absolute Gasteiger partial charge is 0.341 e. The predicted molar refractivity (Wildman–Crippen MR) is 59.5 cm³/mol. The number of amides is 1. The fourth-order valence-electron chi connectivity index (χ4n) is 1.82. The summed E-state index contributed by atoms with van der Waals surface area (Å²) in [5.41, 5.74) is 5.27. The number of hydrogen-bond donors (Lipinski definition) is 3. The van der Waals surface area contributed by atoms with Crippen molar-refractivity contribution >= 4 is 16.1 Å². The van der Waals surface area contributed by atoms with E-state index in [1.54, 1.807) is 4.90 Å². The maximum atomic E-state index is 11.4. The minimum absolute atomic E-state index is 0.00463. The molecule has 0 saturated carbocycles. The van der Waals surface area contributed by atoms with Gasteiger partial charge in [-0.3, -0.25) is 4.79 Å². The molecule has 1 atom stereocenters. The van der Waals surface area contributed by atoms with E-state index >= 15 is 0 Å². The van der Waals surface area contributed by atoms with Gasteiger partial charge in [0.05, 0.1) is 6.54 Å². The quantitative estimate of drug-likeness (QED) is 0.533. The summed E-state index contributed by atoms with van der Waals surface area (Å²) in [7, 11) is -3.64. The highest BCUT2D eigenvalue weighted by molar-refractivity contribution is 7.87. The van der Waals surface area contributed by atoms with Gasteiger partial charge in [-0.1, -0.05) is 0 Å². The first-order chi connectivity index (χ1) is 7.42. The van der Waals surface area contributed by atoms with Crippen LogP contribution in [0, 0.1) is 5.92 Å². The molecule has 0 aromatic rings. The number of hydrogen-bond acceptors (Lipinski definition) is 4. The van der Waals surface area contributed by atoms with Crippen molar-refractivity contribution in [3.8, 4) is 0 Å². The monoisotopic (exact) mass is 250 g/mol. The van der Waals surface area contributed by atoms with E-state index < -0.39 is 10.2 Å². The van der Waals surface area contributed by atoms with E-state index in [2.05, 4.69) is 4.72 Å². The lowest BCUT2D eigenvalue weighted by atomic mass is 9.98. The summed E-state index contributed by atoms with van der Waals surface area (Å²) >= 11 is 0. The number of nitrogens with two attached hydrogens (primary N) is 2. The Hall–Kier alpha value is -0.700. The first kappa shape index (κ1) is 13.4. The van der Waals surface area contributed by atoms with E-state index in [0.29, 0.717) is 13.1 Å². The van der Waals surface area contributed by atoms with Crippen molar-refractivity contribution in [1.29, 1.82) is 0 Å². The van der Waals surface area contributed by atoms with E-state index in [9.17, 15) is 13.2 Å². The number of nitrogens with zero attached hydrogens (tertiary/aromatic N) is 1. The summed E-state index contributed by atoms with van der Waals surface area (Å²) < 4.78 is 23.7. The van der Waals surface area contributed by atoms with Crippen molar-refractivity contribution < 1.29 is 13.2 Å². The third-order valence-electron chi connectivity index (χ3n) is 2.62. The Morgan fingerprint density at radius 3 is 2.75 bits per heavy atom. The average Bonchev–Trinajstić information content (AvgIpc) is 2.25. The molecule has 1 aliphatic heterocycles. The second-order valence-electron chi connectivity index (χ2n) is 3.95. The molecule has 1 saturated heterocycles. The lowest BCUT2D eigenvalue weighted by Gasteiger charge is -2.32. The highest BCUT2D eigenvalue weighted by Crippen LogP contribution is 2.15. The van der Waals surface area contributed by atoms with E-state index in [4.69, 9.17) is 10.9 Å². The minimum Gasteiger partial charge on any atom is -0.341 e. The van der Waals surface area contributed by atoms with E-state index in [0.717, 1.165) is 12.8 Å². The van der Waals surface area contributed by atoms with Gasteiger partial charge in [0.2, 0.25) is 5.91 Å². The normalized spacial score (nSPS) is 22.1. The topological polar surface area (TPSA) is 119 Å². The maximum absolute atomic E-state index is 11.4. The van der Waals surface area contributed by atoms with Crippen molar-refractivity contribution in [2.24, 2.45) is 16.8 Å². The molecule has 1 aliphatic rings. The first-order valence-electron chi connectivity index (χ1n) is 5.17. The van der Waals surface area contributed by atoms with E-state index in [1.165, 1.54) is 0 Å². The van der Waals surface area contributed by atoms with Crippen molar-refractivity contribution in [2.45, 2.75) is 12.8 Å². The van der Waals surface area contributed by atoms with E-state index in [1.807, 2.05) is 0 Å². The standard InChI is InChI=1S/C8H18N4O3S/c9-4-8(13)12-3-1-2-7(6-12)5-11-16(10,14)15/h7,11H,1-6,9H2,(H2,10,14,15).